The minimum atomic E-state index is -0.218. The van der Waals surface area contributed by atoms with Crippen LogP contribution in [0.5, 0.6) is 0 Å². The Kier molecular flexibility index (Phi) is 6.97. The first-order valence-corrected chi connectivity index (χ1v) is 20.1. The maximum atomic E-state index is 2.46. The Labute approximate surface area is 326 Å². The summed E-state index contributed by atoms with van der Waals surface area (Å²) in [6, 6.07) is 67.8. The molecular formula is C53H39NS. The van der Waals surface area contributed by atoms with Crippen LogP contribution in [0, 0.1) is 0 Å². The highest BCUT2D eigenvalue weighted by molar-refractivity contribution is 7.25. The van der Waals surface area contributed by atoms with E-state index in [2.05, 4.69) is 208 Å². The molecule has 2 aliphatic carbocycles. The summed E-state index contributed by atoms with van der Waals surface area (Å²) in [6.07, 6.45) is 0. The van der Waals surface area contributed by atoms with Crippen molar-refractivity contribution in [3.63, 3.8) is 0 Å². The van der Waals surface area contributed by atoms with E-state index in [1.807, 2.05) is 11.3 Å². The summed E-state index contributed by atoms with van der Waals surface area (Å²) in [5.41, 5.74) is 17.8. The smallest absolute Gasteiger partial charge is 0.0468 e. The fourth-order valence-electron chi connectivity index (χ4n) is 9.71. The van der Waals surface area contributed by atoms with Gasteiger partial charge in [0.15, 0.2) is 0 Å². The van der Waals surface area contributed by atoms with Gasteiger partial charge in [0, 0.05) is 48.1 Å². The maximum absolute atomic E-state index is 2.46. The Bertz CT molecular complexity index is 2940. The van der Waals surface area contributed by atoms with Crippen molar-refractivity contribution >= 4 is 48.6 Å². The van der Waals surface area contributed by atoms with Gasteiger partial charge in [0.05, 0.1) is 0 Å². The Balaban J connectivity index is 1.07. The lowest BCUT2D eigenvalue weighted by Gasteiger charge is -2.28. The van der Waals surface area contributed by atoms with Gasteiger partial charge in [-0.2, -0.15) is 0 Å². The highest BCUT2D eigenvalue weighted by atomic mass is 32.1. The van der Waals surface area contributed by atoms with E-state index in [4.69, 9.17) is 0 Å². The molecule has 262 valence electrons. The van der Waals surface area contributed by atoms with Gasteiger partial charge < -0.3 is 4.90 Å². The molecule has 0 spiro atoms. The number of thiophene rings is 1. The number of nitrogens with zero attached hydrogens (tertiary/aromatic N) is 1. The summed E-state index contributed by atoms with van der Waals surface area (Å²) >= 11 is 1.90. The SMILES string of the molecule is CC1(C)c2ccccc2-c2ccc(N(c3cccc(-c4ccccc4)c3)c3ccc4sc5cc(C6(C)c7ccccc7-c7ccccc76)ccc5c4c3)cc21. The Morgan fingerprint density at radius 2 is 0.964 bits per heavy atom. The molecule has 9 aromatic rings. The van der Waals surface area contributed by atoms with E-state index in [1.54, 1.807) is 0 Å². The standard InChI is InChI=1S/C53H39NS/c1-52(2)46-21-10-7-18-40(46)43-28-25-39(33-49(43)52)54(37-17-13-16-35(30-37)34-14-5-4-6-15-34)38-26-29-50-45(32-38)44-27-24-36(31-51(44)55-50)53(3)47-22-11-8-19-41(47)42-20-9-12-23-48(42)53/h4-33H,1-3H3. The van der Waals surface area contributed by atoms with Crippen molar-refractivity contribution in [3.05, 3.63) is 210 Å². The number of benzene rings is 8. The molecule has 8 aromatic carbocycles. The van der Waals surface area contributed by atoms with E-state index in [0.717, 1.165) is 17.1 Å². The first-order chi connectivity index (χ1) is 26.9. The van der Waals surface area contributed by atoms with Gasteiger partial charge in [-0.25, -0.2) is 0 Å². The Morgan fingerprint density at radius 3 is 1.71 bits per heavy atom. The molecule has 0 fully saturated rings. The number of rotatable bonds is 5. The fraction of sp³-hybridized carbons (Fsp3) is 0.0943. The summed E-state index contributed by atoms with van der Waals surface area (Å²) < 4.78 is 2.62. The topological polar surface area (TPSA) is 3.24 Å². The average molecular weight is 722 g/mol. The molecule has 0 radical (unpaired) electrons. The second-order valence-corrected chi connectivity index (χ2v) is 16.9. The minimum Gasteiger partial charge on any atom is -0.310 e. The summed E-state index contributed by atoms with van der Waals surface area (Å²) in [5.74, 6) is 0. The molecule has 1 heterocycles. The molecule has 0 atom stereocenters. The first-order valence-electron chi connectivity index (χ1n) is 19.3. The zero-order valence-electron chi connectivity index (χ0n) is 31.2. The van der Waals surface area contributed by atoms with Gasteiger partial charge in [0.1, 0.15) is 0 Å². The minimum absolute atomic E-state index is 0.0955. The Hall–Kier alpha value is -6.22. The molecule has 2 aliphatic rings. The second kappa shape index (κ2) is 11.9. The summed E-state index contributed by atoms with van der Waals surface area (Å²) in [4.78, 5) is 2.45. The molecule has 0 N–H and O–H groups in total. The molecule has 1 nitrogen and oxygen atoms in total. The zero-order chi connectivity index (χ0) is 36.9. The summed E-state index contributed by atoms with van der Waals surface area (Å²) in [7, 11) is 0. The van der Waals surface area contributed by atoms with Crippen molar-refractivity contribution in [2.24, 2.45) is 0 Å². The number of hydrogen-bond acceptors (Lipinski definition) is 2. The van der Waals surface area contributed by atoms with Crippen LogP contribution in [0.4, 0.5) is 17.1 Å². The number of hydrogen-bond donors (Lipinski definition) is 0. The van der Waals surface area contributed by atoms with Crippen molar-refractivity contribution in [2.75, 3.05) is 4.90 Å². The van der Waals surface area contributed by atoms with Gasteiger partial charge in [-0.15, -0.1) is 11.3 Å². The van der Waals surface area contributed by atoms with Crippen molar-refractivity contribution in [1.82, 2.24) is 0 Å². The molecule has 11 rings (SSSR count). The van der Waals surface area contributed by atoms with Crippen LogP contribution in [-0.2, 0) is 10.8 Å². The van der Waals surface area contributed by atoms with Crippen LogP contribution in [-0.4, -0.2) is 0 Å². The lowest BCUT2D eigenvalue weighted by atomic mass is 9.74. The Morgan fingerprint density at radius 1 is 0.382 bits per heavy atom. The third-order valence-corrected chi connectivity index (χ3v) is 13.7. The lowest BCUT2D eigenvalue weighted by Crippen LogP contribution is -2.22. The van der Waals surface area contributed by atoms with Gasteiger partial charge in [-0.3, -0.25) is 0 Å². The molecule has 2 heteroatoms. The van der Waals surface area contributed by atoms with Crippen LogP contribution in [0.25, 0.3) is 53.6 Å². The quantitative estimate of drug-likeness (QED) is 0.171. The number of fused-ring (bicyclic) bond motifs is 9. The van der Waals surface area contributed by atoms with Gasteiger partial charge in [0.25, 0.3) is 0 Å². The predicted octanol–water partition coefficient (Wildman–Crippen LogP) is 14.8. The third kappa shape index (κ3) is 4.71. The van der Waals surface area contributed by atoms with E-state index in [0.29, 0.717) is 0 Å². The highest BCUT2D eigenvalue weighted by Gasteiger charge is 2.40. The van der Waals surface area contributed by atoms with Crippen LogP contribution >= 0.6 is 11.3 Å². The van der Waals surface area contributed by atoms with Crippen molar-refractivity contribution in [1.29, 1.82) is 0 Å². The van der Waals surface area contributed by atoms with E-state index >= 15 is 0 Å². The molecule has 55 heavy (non-hydrogen) atoms. The first kappa shape index (κ1) is 32.2. The number of anilines is 3. The zero-order valence-corrected chi connectivity index (χ0v) is 32.0. The third-order valence-electron chi connectivity index (χ3n) is 12.5. The van der Waals surface area contributed by atoms with E-state index in [1.165, 1.54) is 81.4 Å². The van der Waals surface area contributed by atoms with Gasteiger partial charge in [-0.1, -0.05) is 147 Å². The van der Waals surface area contributed by atoms with Crippen LogP contribution in [0.2, 0.25) is 0 Å². The van der Waals surface area contributed by atoms with E-state index < -0.39 is 0 Å². The van der Waals surface area contributed by atoms with Crippen molar-refractivity contribution < 1.29 is 0 Å². The van der Waals surface area contributed by atoms with Crippen molar-refractivity contribution in [2.45, 2.75) is 31.6 Å². The lowest BCUT2D eigenvalue weighted by molar-refractivity contribution is 0.660. The molecule has 0 saturated carbocycles. The summed E-state index contributed by atoms with van der Waals surface area (Å²) in [6.45, 7) is 7.13. The van der Waals surface area contributed by atoms with Gasteiger partial charge >= 0.3 is 0 Å². The molecular weight excluding hydrogens is 683 g/mol. The van der Waals surface area contributed by atoms with E-state index in [-0.39, 0.29) is 10.8 Å². The van der Waals surface area contributed by atoms with E-state index in [9.17, 15) is 0 Å². The maximum Gasteiger partial charge on any atom is 0.0468 e. The second-order valence-electron chi connectivity index (χ2n) is 15.9. The molecule has 0 unspecified atom stereocenters. The average Bonchev–Trinajstić information content (AvgIpc) is 3.81. The predicted molar refractivity (Wildman–Crippen MR) is 234 cm³/mol. The molecule has 0 aliphatic heterocycles. The molecule has 0 saturated heterocycles. The normalized spacial score (nSPS) is 14.4. The molecule has 1 aromatic heterocycles. The molecule has 0 bridgehead atoms. The summed E-state index contributed by atoms with van der Waals surface area (Å²) in [5, 5.41) is 2.59. The van der Waals surface area contributed by atoms with Crippen LogP contribution < -0.4 is 4.90 Å². The van der Waals surface area contributed by atoms with Gasteiger partial charge in [0.2, 0.25) is 0 Å². The van der Waals surface area contributed by atoms with Crippen LogP contribution in [0.15, 0.2) is 182 Å². The van der Waals surface area contributed by atoms with Crippen LogP contribution in [0.3, 0.4) is 0 Å². The van der Waals surface area contributed by atoms with Crippen molar-refractivity contribution in [3.8, 4) is 33.4 Å². The monoisotopic (exact) mass is 721 g/mol. The highest BCUT2D eigenvalue weighted by Crippen LogP contribution is 2.54. The molecule has 0 amide bonds. The fourth-order valence-corrected chi connectivity index (χ4v) is 10.8. The van der Waals surface area contributed by atoms with Gasteiger partial charge in [-0.05, 0) is 117 Å². The largest absolute Gasteiger partial charge is 0.310 e. The van der Waals surface area contributed by atoms with Crippen LogP contribution in [0.1, 0.15) is 48.6 Å².